The van der Waals surface area contributed by atoms with Crippen molar-refractivity contribution >= 4 is 5.96 Å². The maximum atomic E-state index is 5.44. The van der Waals surface area contributed by atoms with Crippen LogP contribution >= 0.6 is 0 Å². The summed E-state index contributed by atoms with van der Waals surface area (Å²) < 4.78 is 5.24. The molecule has 0 heterocycles. The van der Waals surface area contributed by atoms with Crippen LogP contribution in [0.4, 0.5) is 0 Å². The Labute approximate surface area is 99.0 Å². The number of hydrazine groups is 1. The van der Waals surface area contributed by atoms with Crippen molar-refractivity contribution in [2.45, 2.75) is 27.2 Å². The number of aliphatic imine (C=N–C) groups is 1. The van der Waals surface area contributed by atoms with Crippen LogP contribution in [0.1, 0.15) is 27.2 Å². The molecule has 96 valence electrons. The van der Waals surface area contributed by atoms with Crippen molar-refractivity contribution in [3.63, 3.8) is 0 Å². The summed E-state index contributed by atoms with van der Waals surface area (Å²) in [6.45, 7) is 9.52. The molecule has 0 radical (unpaired) electrons. The number of ether oxygens (including phenoxy) is 1. The lowest BCUT2D eigenvalue weighted by atomic mass is 10.2. The molecule has 0 saturated heterocycles. The molecule has 0 aromatic heterocycles. The first-order chi connectivity index (χ1) is 7.61. The topological polar surface area (TPSA) is 62.9 Å². The second-order valence-corrected chi connectivity index (χ2v) is 4.17. The maximum absolute atomic E-state index is 5.44. The van der Waals surface area contributed by atoms with Gasteiger partial charge in [0.15, 0.2) is 0 Å². The molecule has 0 aromatic carbocycles. The van der Waals surface area contributed by atoms with Gasteiger partial charge in [-0.15, -0.1) is 0 Å². The van der Waals surface area contributed by atoms with Crippen molar-refractivity contribution in [2.24, 2.45) is 16.8 Å². The van der Waals surface area contributed by atoms with Crippen LogP contribution in [-0.4, -0.2) is 44.2 Å². The molecule has 0 aliphatic carbocycles. The summed E-state index contributed by atoms with van der Waals surface area (Å²) in [5.41, 5.74) is 2.63. The molecule has 0 rings (SSSR count). The first-order valence-electron chi connectivity index (χ1n) is 5.91. The molecule has 0 bridgehead atoms. The molecule has 0 aromatic rings. The second kappa shape index (κ2) is 9.42. The molecule has 0 amide bonds. The van der Waals surface area contributed by atoms with E-state index in [9.17, 15) is 0 Å². The van der Waals surface area contributed by atoms with Crippen LogP contribution < -0.4 is 11.3 Å². The Kier molecular flexibility index (Phi) is 8.94. The van der Waals surface area contributed by atoms with Crippen LogP contribution in [0.15, 0.2) is 4.99 Å². The average molecular weight is 230 g/mol. The Morgan fingerprint density at radius 2 is 2.19 bits per heavy atom. The Morgan fingerprint density at radius 1 is 1.50 bits per heavy atom. The van der Waals surface area contributed by atoms with Gasteiger partial charge in [-0.3, -0.25) is 10.4 Å². The van der Waals surface area contributed by atoms with Crippen molar-refractivity contribution in [1.29, 1.82) is 0 Å². The minimum atomic E-state index is 0.590. The van der Waals surface area contributed by atoms with Gasteiger partial charge in [-0.1, -0.05) is 13.8 Å². The third kappa shape index (κ3) is 7.48. The Hall–Kier alpha value is -0.810. The van der Waals surface area contributed by atoms with Crippen LogP contribution in [0.2, 0.25) is 0 Å². The van der Waals surface area contributed by atoms with E-state index < -0.39 is 0 Å². The summed E-state index contributed by atoms with van der Waals surface area (Å²) in [6, 6.07) is 0. The van der Waals surface area contributed by atoms with E-state index in [4.69, 9.17) is 10.6 Å². The highest BCUT2D eigenvalue weighted by atomic mass is 16.5. The monoisotopic (exact) mass is 230 g/mol. The normalized spacial score (nSPS) is 12.0. The van der Waals surface area contributed by atoms with Crippen LogP contribution in [-0.2, 0) is 4.74 Å². The number of rotatable bonds is 7. The summed E-state index contributed by atoms with van der Waals surface area (Å²) >= 11 is 0. The molecule has 16 heavy (non-hydrogen) atoms. The predicted octanol–water partition coefficient (Wildman–Crippen LogP) is 0.820. The van der Waals surface area contributed by atoms with E-state index in [0.29, 0.717) is 5.92 Å². The minimum absolute atomic E-state index is 0.590. The zero-order valence-corrected chi connectivity index (χ0v) is 11.0. The van der Waals surface area contributed by atoms with Crippen molar-refractivity contribution in [1.82, 2.24) is 10.3 Å². The average Bonchev–Trinajstić information content (AvgIpc) is 2.22. The van der Waals surface area contributed by atoms with Crippen LogP contribution in [0.25, 0.3) is 0 Å². The van der Waals surface area contributed by atoms with Crippen LogP contribution in [0.5, 0.6) is 0 Å². The zero-order chi connectivity index (χ0) is 12.4. The van der Waals surface area contributed by atoms with Gasteiger partial charge in [0.1, 0.15) is 0 Å². The lowest BCUT2D eigenvalue weighted by molar-refractivity contribution is 0.146. The van der Waals surface area contributed by atoms with Gasteiger partial charge in [-0.2, -0.15) is 0 Å². The van der Waals surface area contributed by atoms with Crippen molar-refractivity contribution in [3.8, 4) is 0 Å². The Balaban J connectivity index is 3.90. The molecule has 0 unspecified atom stereocenters. The summed E-state index contributed by atoms with van der Waals surface area (Å²) in [5, 5.41) is 0. The quantitative estimate of drug-likeness (QED) is 0.223. The number of nitrogens with one attached hydrogen (secondary N) is 1. The SMILES string of the molecule is CCOCCCN=C(NN)N(C)CC(C)C. The molecule has 0 aliphatic rings. The highest BCUT2D eigenvalue weighted by Gasteiger charge is 2.05. The summed E-state index contributed by atoms with van der Waals surface area (Å²) in [7, 11) is 1.99. The molecular weight excluding hydrogens is 204 g/mol. The second-order valence-electron chi connectivity index (χ2n) is 4.17. The first-order valence-corrected chi connectivity index (χ1v) is 5.91. The molecule has 5 nitrogen and oxygen atoms in total. The van der Waals surface area contributed by atoms with Gasteiger partial charge in [-0.05, 0) is 19.3 Å². The molecule has 0 atom stereocenters. The summed E-state index contributed by atoms with van der Waals surface area (Å²) in [5.74, 6) is 6.77. The zero-order valence-electron chi connectivity index (χ0n) is 11.0. The lowest BCUT2D eigenvalue weighted by Crippen LogP contribution is -2.44. The van der Waals surface area contributed by atoms with Gasteiger partial charge in [-0.25, -0.2) is 5.84 Å². The van der Waals surface area contributed by atoms with Crippen LogP contribution in [0, 0.1) is 5.92 Å². The first kappa shape index (κ1) is 15.2. The lowest BCUT2D eigenvalue weighted by Gasteiger charge is -2.22. The highest BCUT2D eigenvalue weighted by Crippen LogP contribution is 1.96. The third-order valence-corrected chi connectivity index (χ3v) is 2.04. The minimum Gasteiger partial charge on any atom is -0.382 e. The number of hydrogen-bond acceptors (Lipinski definition) is 3. The van der Waals surface area contributed by atoms with E-state index in [1.165, 1.54) is 0 Å². The van der Waals surface area contributed by atoms with E-state index in [-0.39, 0.29) is 0 Å². The molecule has 0 fully saturated rings. The van der Waals surface area contributed by atoms with E-state index in [1.54, 1.807) is 0 Å². The number of nitrogens with zero attached hydrogens (tertiary/aromatic N) is 2. The van der Waals surface area contributed by atoms with Gasteiger partial charge >= 0.3 is 0 Å². The Bertz CT molecular complexity index is 194. The third-order valence-electron chi connectivity index (χ3n) is 2.04. The van der Waals surface area contributed by atoms with Gasteiger partial charge in [0.05, 0.1) is 0 Å². The number of nitrogens with two attached hydrogens (primary N) is 1. The molecular formula is C11H26N4O. The van der Waals surface area contributed by atoms with E-state index in [2.05, 4.69) is 24.3 Å². The number of guanidine groups is 1. The molecule has 3 N–H and O–H groups in total. The maximum Gasteiger partial charge on any atom is 0.208 e. The van der Waals surface area contributed by atoms with Gasteiger partial charge in [0, 0.05) is 33.4 Å². The molecule has 0 saturated carbocycles. The van der Waals surface area contributed by atoms with Crippen molar-refractivity contribution in [2.75, 3.05) is 33.4 Å². The molecule has 5 heteroatoms. The summed E-state index contributed by atoms with van der Waals surface area (Å²) in [4.78, 5) is 6.43. The van der Waals surface area contributed by atoms with E-state index in [0.717, 1.165) is 38.7 Å². The fourth-order valence-electron chi connectivity index (χ4n) is 1.41. The van der Waals surface area contributed by atoms with Crippen LogP contribution in [0.3, 0.4) is 0 Å². The number of hydrogen-bond donors (Lipinski definition) is 2. The smallest absolute Gasteiger partial charge is 0.208 e. The summed E-state index contributed by atoms with van der Waals surface area (Å²) in [6.07, 6.45) is 0.925. The molecule has 0 aliphatic heterocycles. The van der Waals surface area contributed by atoms with Crippen molar-refractivity contribution in [3.05, 3.63) is 0 Å². The highest BCUT2D eigenvalue weighted by molar-refractivity contribution is 5.79. The van der Waals surface area contributed by atoms with E-state index >= 15 is 0 Å². The van der Waals surface area contributed by atoms with Gasteiger partial charge in [0.2, 0.25) is 5.96 Å². The largest absolute Gasteiger partial charge is 0.382 e. The van der Waals surface area contributed by atoms with Crippen molar-refractivity contribution < 1.29 is 4.74 Å². The fourth-order valence-corrected chi connectivity index (χ4v) is 1.41. The standard InChI is InChI=1S/C11H26N4O/c1-5-16-8-6-7-13-11(14-12)15(4)9-10(2)3/h10H,5-9,12H2,1-4H3,(H,13,14). The van der Waals surface area contributed by atoms with Gasteiger partial charge < -0.3 is 9.64 Å². The Morgan fingerprint density at radius 3 is 2.69 bits per heavy atom. The van der Waals surface area contributed by atoms with E-state index in [1.807, 2.05) is 18.9 Å². The predicted molar refractivity (Wildman–Crippen MR) is 68.2 cm³/mol. The fraction of sp³-hybridized carbons (Fsp3) is 0.909. The molecule has 0 spiro atoms. The van der Waals surface area contributed by atoms with Gasteiger partial charge in [0.25, 0.3) is 0 Å².